The normalized spacial score (nSPS) is 11.0. The Balaban J connectivity index is 1.35. The van der Waals surface area contributed by atoms with Crippen molar-refractivity contribution in [1.29, 1.82) is 0 Å². The van der Waals surface area contributed by atoms with Crippen LogP contribution in [0.3, 0.4) is 0 Å². The summed E-state index contributed by atoms with van der Waals surface area (Å²) in [5.74, 6) is -0.440. The highest BCUT2D eigenvalue weighted by molar-refractivity contribution is 5.72. The summed E-state index contributed by atoms with van der Waals surface area (Å²) in [7, 11) is 0. The Morgan fingerprint density at radius 2 is 1.02 bits per heavy atom. The number of carboxylic acid groups (broad SMARTS) is 2. The third-order valence-corrected chi connectivity index (χ3v) is 8.39. The molecule has 48 heavy (non-hydrogen) atoms. The van der Waals surface area contributed by atoms with Crippen LogP contribution in [0, 0.1) is 27.7 Å². The van der Waals surface area contributed by atoms with Gasteiger partial charge in [-0.05, 0) is 98.1 Å². The Morgan fingerprint density at radius 1 is 0.604 bits per heavy atom. The van der Waals surface area contributed by atoms with Gasteiger partial charge in [-0.2, -0.15) is 0 Å². The molecule has 10 nitrogen and oxygen atoms in total. The minimum atomic E-state index is -0.781. The molecule has 0 saturated heterocycles. The summed E-state index contributed by atoms with van der Waals surface area (Å²) in [4.78, 5) is 30.6. The Hall–Kier alpha value is -4.80. The molecule has 0 saturated carbocycles. The summed E-state index contributed by atoms with van der Waals surface area (Å²) in [6.45, 7) is 11.4. The maximum absolute atomic E-state index is 10.7. The first-order chi connectivity index (χ1) is 23.1. The second-order valence-electron chi connectivity index (χ2n) is 11.9. The second kappa shape index (κ2) is 17.9. The number of hydrogen-bond acceptors (Lipinski definition) is 8. The molecular weight excluding hydrogens is 608 g/mol. The van der Waals surface area contributed by atoms with E-state index in [2.05, 4.69) is 70.8 Å². The molecule has 0 atom stereocenters. The molecule has 254 valence electrons. The molecule has 2 aromatic heterocycles. The summed E-state index contributed by atoms with van der Waals surface area (Å²) < 4.78 is 12.2. The van der Waals surface area contributed by atoms with Crippen LogP contribution in [-0.2, 0) is 35.9 Å². The average molecular weight is 655 g/mol. The molecule has 0 unspecified atom stereocenters. The Kier molecular flexibility index (Phi) is 13.5. The van der Waals surface area contributed by atoms with Crippen LogP contribution in [0.25, 0.3) is 11.1 Å². The van der Waals surface area contributed by atoms with Crippen molar-refractivity contribution in [2.75, 3.05) is 13.1 Å². The van der Waals surface area contributed by atoms with Crippen LogP contribution in [0.4, 0.5) is 0 Å². The first-order valence-electron chi connectivity index (χ1n) is 16.3. The fraction of sp³-hybridized carbons (Fsp3) is 0.368. The number of aliphatic carboxylic acids is 2. The van der Waals surface area contributed by atoms with E-state index in [0.717, 1.165) is 55.9 Å². The monoisotopic (exact) mass is 654 g/mol. The SMILES string of the molecule is Cc1nc(OCc2cccc(-c3cccc(COc4ccc(CNCCCC(=O)O)c(C)n4)c3C)c2C)ccc1CNCCCC(=O)O. The van der Waals surface area contributed by atoms with Crippen molar-refractivity contribution >= 4 is 11.9 Å². The molecule has 0 fully saturated rings. The number of aromatic nitrogens is 2. The van der Waals surface area contributed by atoms with E-state index >= 15 is 0 Å². The van der Waals surface area contributed by atoms with E-state index in [1.54, 1.807) is 0 Å². The lowest BCUT2D eigenvalue weighted by molar-refractivity contribution is -0.138. The maximum Gasteiger partial charge on any atom is 0.303 e. The molecule has 4 aromatic rings. The van der Waals surface area contributed by atoms with Crippen molar-refractivity contribution in [2.24, 2.45) is 0 Å². The highest BCUT2D eigenvalue weighted by Crippen LogP contribution is 2.31. The van der Waals surface area contributed by atoms with E-state index in [-0.39, 0.29) is 12.8 Å². The molecule has 0 amide bonds. The Morgan fingerprint density at radius 3 is 1.40 bits per heavy atom. The number of benzene rings is 2. The highest BCUT2D eigenvalue weighted by atomic mass is 16.5. The number of rotatable bonds is 19. The zero-order valence-corrected chi connectivity index (χ0v) is 28.3. The smallest absolute Gasteiger partial charge is 0.303 e. The van der Waals surface area contributed by atoms with E-state index in [1.807, 2.05) is 38.1 Å². The zero-order chi connectivity index (χ0) is 34.5. The van der Waals surface area contributed by atoms with Gasteiger partial charge in [-0.25, -0.2) is 9.97 Å². The number of nitrogens with zero attached hydrogens (tertiary/aromatic N) is 2. The van der Waals surface area contributed by atoms with Crippen LogP contribution in [0.2, 0.25) is 0 Å². The van der Waals surface area contributed by atoms with Crippen molar-refractivity contribution in [2.45, 2.75) is 79.7 Å². The summed E-state index contributed by atoms with van der Waals surface area (Å²) >= 11 is 0. The molecule has 0 bridgehead atoms. The fourth-order valence-corrected chi connectivity index (χ4v) is 5.41. The third-order valence-electron chi connectivity index (χ3n) is 8.39. The van der Waals surface area contributed by atoms with Gasteiger partial charge in [0.15, 0.2) is 0 Å². The van der Waals surface area contributed by atoms with E-state index in [4.69, 9.17) is 19.7 Å². The number of nitrogens with one attached hydrogen (secondary N) is 2. The van der Waals surface area contributed by atoms with E-state index in [0.29, 0.717) is 64.0 Å². The van der Waals surface area contributed by atoms with E-state index in [9.17, 15) is 9.59 Å². The first-order valence-corrected chi connectivity index (χ1v) is 16.3. The molecule has 0 radical (unpaired) electrons. The molecule has 10 heteroatoms. The van der Waals surface area contributed by atoms with Gasteiger partial charge >= 0.3 is 11.9 Å². The quantitative estimate of drug-likeness (QED) is 0.0834. The standard InChI is InChI=1S/C38H46N4O6/c1-25-31(23-47-35-17-15-29(27(3)41-35)21-39-19-7-13-37(43)44)9-5-11-33(25)34-12-6-10-32(26(34)2)24-48-36-18-16-30(28(4)42-36)22-40-20-8-14-38(45)46/h5-6,9-12,15-18,39-40H,7-8,13-14,19-24H2,1-4H3,(H,43,44)(H,45,46). The lowest BCUT2D eigenvalue weighted by Crippen LogP contribution is -2.16. The van der Waals surface area contributed by atoms with E-state index in [1.165, 1.54) is 0 Å². The topological polar surface area (TPSA) is 143 Å². The molecule has 0 aliphatic rings. The van der Waals surface area contributed by atoms with Gasteiger partial charge in [0.05, 0.1) is 0 Å². The number of carbonyl (C=O) groups is 2. The molecule has 0 aliphatic heterocycles. The number of pyridine rings is 2. The van der Waals surface area contributed by atoms with Gasteiger partial charge in [-0.3, -0.25) is 9.59 Å². The first kappa shape index (κ1) is 36.0. The molecule has 2 aromatic carbocycles. The van der Waals surface area contributed by atoms with Crippen LogP contribution in [-0.4, -0.2) is 45.2 Å². The van der Waals surface area contributed by atoms with Crippen LogP contribution >= 0.6 is 0 Å². The summed E-state index contributed by atoms with van der Waals surface area (Å²) in [5, 5.41) is 24.1. The van der Waals surface area contributed by atoms with Crippen molar-refractivity contribution < 1.29 is 29.3 Å². The van der Waals surface area contributed by atoms with Crippen molar-refractivity contribution in [3.05, 3.63) is 105 Å². The number of hydrogen-bond donors (Lipinski definition) is 4. The van der Waals surface area contributed by atoms with Crippen molar-refractivity contribution in [3.8, 4) is 22.9 Å². The predicted octanol–water partition coefficient (Wildman–Crippen LogP) is 6.44. The minimum Gasteiger partial charge on any atom is -0.481 e. The summed E-state index contributed by atoms with van der Waals surface area (Å²) in [5.41, 5.74) is 10.6. The minimum absolute atomic E-state index is 0.157. The molecule has 4 N–H and O–H groups in total. The summed E-state index contributed by atoms with van der Waals surface area (Å²) in [6.07, 6.45) is 1.49. The lowest BCUT2D eigenvalue weighted by Gasteiger charge is -2.17. The molecular formula is C38H46N4O6. The van der Waals surface area contributed by atoms with Crippen molar-refractivity contribution in [1.82, 2.24) is 20.6 Å². The second-order valence-corrected chi connectivity index (χ2v) is 11.9. The number of aryl methyl sites for hydroxylation is 2. The average Bonchev–Trinajstić information content (AvgIpc) is 3.05. The number of carboxylic acids is 2. The van der Waals surface area contributed by atoms with Crippen LogP contribution < -0.4 is 20.1 Å². The van der Waals surface area contributed by atoms with Gasteiger partial charge in [0.1, 0.15) is 13.2 Å². The molecule has 2 heterocycles. The molecule has 0 spiro atoms. The van der Waals surface area contributed by atoms with Crippen LogP contribution in [0.1, 0.15) is 70.5 Å². The Labute approximate surface area is 282 Å². The zero-order valence-electron chi connectivity index (χ0n) is 28.3. The van der Waals surface area contributed by atoms with Gasteiger partial charge < -0.3 is 30.3 Å². The van der Waals surface area contributed by atoms with Gasteiger partial charge in [0, 0.05) is 49.5 Å². The largest absolute Gasteiger partial charge is 0.481 e. The number of ether oxygens (including phenoxy) is 2. The lowest BCUT2D eigenvalue weighted by atomic mass is 9.92. The highest BCUT2D eigenvalue weighted by Gasteiger charge is 2.13. The van der Waals surface area contributed by atoms with E-state index < -0.39 is 11.9 Å². The van der Waals surface area contributed by atoms with Crippen molar-refractivity contribution in [3.63, 3.8) is 0 Å². The van der Waals surface area contributed by atoms with Crippen LogP contribution in [0.15, 0.2) is 60.7 Å². The Bertz CT molecular complexity index is 1580. The fourth-order valence-electron chi connectivity index (χ4n) is 5.41. The molecule has 4 rings (SSSR count). The molecule has 0 aliphatic carbocycles. The van der Waals surface area contributed by atoms with Crippen LogP contribution in [0.5, 0.6) is 11.8 Å². The van der Waals surface area contributed by atoms with Gasteiger partial charge in [-0.15, -0.1) is 0 Å². The van der Waals surface area contributed by atoms with Gasteiger partial charge in [0.25, 0.3) is 0 Å². The third kappa shape index (κ3) is 10.6. The maximum atomic E-state index is 10.7. The van der Waals surface area contributed by atoms with Gasteiger partial charge in [0.2, 0.25) is 11.8 Å². The predicted molar refractivity (Wildman–Crippen MR) is 185 cm³/mol. The van der Waals surface area contributed by atoms with Gasteiger partial charge in [-0.1, -0.05) is 48.5 Å². The summed E-state index contributed by atoms with van der Waals surface area (Å²) in [6, 6.07) is 20.3.